The molecule has 0 saturated carbocycles. The highest BCUT2D eigenvalue weighted by Crippen LogP contribution is 2.13. The second-order valence-electron chi connectivity index (χ2n) is 15.3. The first kappa shape index (κ1) is 53.3. The first-order valence-electron chi connectivity index (χ1n) is 23.5. The molecule has 0 bridgehead atoms. The zero-order valence-electron chi connectivity index (χ0n) is 36.9. The number of unbranched alkanes of at least 4 members (excludes halogenated alkanes) is 20. The number of carbonyl (C=O) groups excluding carboxylic acids is 2. The van der Waals surface area contributed by atoms with Crippen LogP contribution in [0.3, 0.4) is 0 Å². The Labute approximate surface area is 347 Å². The van der Waals surface area contributed by atoms with E-state index in [1.165, 1.54) is 109 Å². The Kier molecular flexibility index (Phi) is 44.5. The van der Waals surface area contributed by atoms with Crippen LogP contribution in [0.4, 0.5) is 0 Å². The molecule has 5 heteroatoms. The van der Waals surface area contributed by atoms with E-state index in [1.54, 1.807) is 0 Å². The lowest BCUT2D eigenvalue weighted by atomic mass is 10.1. The molecule has 0 heterocycles. The van der Waals surface area contributed by atoms with Crippen molar-refractivity contribution in [2.45, 2.75) is 219 Å². The highest BCUT2D eigenvalue weighted by Gasteiger charge is 2.17. The lowest BCUT2D eigenvalue weighted by Crippen LogP contribution is -2.30. The largest absolute Gasteiger partial charge is 0.461 e. The molecule has 0 N–H and O–H groups in total. The van der Waals surface area contributed by atoms with Crippen molar-refractivity contribution in [3.05, 3.63) is 72.9 Å². The van der Waals surface area contributed by atoms with Gasteiger partial charge in [-0.3, -0.25) is 9.59 Å². The zero-order valence-corrected chi connectivity index (χ0v) is 36.9. The Morgan fingerprint density at radius 1 is 0.429 bits per heavy atom. The molecule has 0 aliphatic heterocycles. The summed E-state index contributed by atoms with van der Waals surface area (Å²) in [6, 6.07) is 0. The highest BCUT2D eigenvalue weighted by atomic mass is 16.6. The summed E-state index contributed by atoms with van der Waals surface area (Å²) in [5.41, 5.74) is 0. The molecular formula is C51H88O5. The Balaban J connectivity index is 4.38. The van der Waals surface area contributed by atoms with Crippen LogP contribution in [0.15, 0.2) is 72.9 Å². The van der Waals surface area contributed by atoms with Crippen molar-refractivity contribution in [2.75, 3.05) is 19.8 Å². The van der Waals surface area contributed by atoms with E-state index in [1.807, 2.05) is 12.2 Å². The Morgan fingerprint density at radius 2 is 0.857 bits per heavy atom. The molecule has 0 rings (SSSR count). The number of hydrogen-bond acceptors (Lipinski definition) is 5. The molecule has 56 heavy (non-hydrogen) atoms. The molecule has 1 unspecified atom stereocenters. The topological polar surface area (TPSA) is 61.8 Å². The van der Waals surface area contributed by atoms with E-state index in [-0.39, 0.29) is 31.6 Å². The summed E-state index contributed by atoms with van der Waals surface area (Å²) < 4.78 is 17.2. The van der Waals surface area contributed by atoms with Crippen molar-refractivity contribution in [3.8, 4) is 0 Å². The fourth-order valence-electron chi connectivity index (χ4n) is 6.28. The smallest absolute Gasteiger partial charge is 0.309 e. The molecule has 0 aromatic heterocycles. The minimum atomic E-state index is -0.578. The first-order chi connectivity index (χ1) is 27.6. The molecule has 1 atom stereocenters. The van der Waals surface area contributed by atoms with E-state index in [2.05, 4.69) is 81.5 Å². The van der Waals surface area contributed by atoms with Crippen molar-refractivity contribution in [3.63, 3.8) is 0 Å². The second kappa shape index (κ2) is 46.7. The second-order valence-corrected chi connectivity index (χ2v) is 15.3. The summed E-state index contributed by atoms with van der Waals surface area (Å²) in [5.74, 6) is -0.552. The van der Waals surface area contributed by atoms with E-state index in [0.29, 0.717) is 13.0 Å². The standard InChI is InChI=1S/C51H88O5/c1-4-7-10-13-16-19-22-24-26-28-30-32-35-38-41-44-50(52)55-48-49(47-54-46-43-40-37-34-21-18-15-12-9-6-3)56-51(53)45-42-39-36-33-31-29-27-25-23-20-17-14-11-8-5-2/h7,10,16,19,24-27,30,32,38,41,49H,4-6,8-9,11-15,17-18,20-23,28-29,31,33-37,39-40,42-48H2,1-3H3/b10-7-,19-16-,26-24-,27-25-,32-30-,41-38-. The molecule has 0 aliphatic rings. The van der Waals surface area contributed by atoms with Gasteiger partial charge in [-0.1, -0.05) is 203 Å². The van der Waals surface area contributed by atoms with Crippen molar-refractivity contribution < 1.29 is 23.8 Å². The Bertz CT molecular complexity index is 1020. The van der Waals surface area contributed by atoms with Gasteiger partial charge in [-0.2, -0.15) is 0 Å². The molecule has 0 saturated heterocycles. The quantitative estimate of drug-likeness (QED) is 0.0351. The molecular weight excluding hydrogens is 693 g/mol. The lowest BCUT2D eigenvalue weighted by Gasteiger charge is -2.18. The van der Waals surface area contributed by atoms with Gasteiger partial charge in [0.25, 0.3) is 0 Å². The van der Waals surface area contributed by atoms with E-state index in [9.17, 15) is 9.59 Å². The van der Waals surface area contributed by atoms with Crippen LogP contribution in [0.1, 0.15) is 213 Å². The third-order valence-electron chi connectivity index (χ3n) is 9.76. The van der Waals surface area contributed by atoms with Gasteiger partial charge >= 0.3 is 11.9 Å². The maximum atomic E-state index is 12.7. The molecule has 0 amide bonds. The highest BCUT2D eigenvalue weighted by molar-refractivity contribution is 5.71. The third kappa shape index (κ3) is 44.1. The van der Waals surface area contributed by atoms with Crippen LogP contribution in [0.2, 0.25) is 0 Å². The third-order valence-corrected chi connectivity index (χ3v) is 9.76. The van der Waals surface area contributed by atoms with Gasteiger partial charge in [0.05, 0.1) is 13.0 Å². The van der Waals surface area contributed by atoms with Gasteiger partial charge in [-0.15, -0.1) is 0 Å². The van der Waals surface area contributed by atoms with E-state index in [0.717, 1.165) is 70.6 Å². The number of rotatable bonds is 42. The van der Waals surface area contributed by atoms with Gasteiger partial charge in [0.2, 0.25) is 0 Å². The van der Waals surface area contributed by atoms with Crippen molar-refractivity contribution >= 4 is 11.9 Å². The van der Waals surface area contributed by atoms with Crippen molar-refractivity contribution in [2.24, 2.45) is 0 Å². The molecule has 0 aliphatic carbocycles. The van der Waals surface area contributed by atoms with E-state index < -0.39 is 6.10 Å². The number of esters is 2. The van der Waals surface area contributed by atoms with Crippen molar-refractivity contribution in [1.82, 2.24) is 0 Å². The van der Waals surface area contributed by atoms with Gasteiger partial charge in [0, 0.05) is 13.0 Å². The minimum Gasteiger partial charge on any atom is -0.461 e. The molecule has 0 aromatic carbocycles. The predicted molar refractivity (Wildman–Crippen MR) is 242 cm³/mol. The number of ether oxygens (including phenoxy) is 3. The lowest BCUT2D eigenvalue weighted by molar-refractivity contribution is -0.162. The van der Waals surface area contributed by atoms with Gasteiger partial charge in [-0.05, 0) is 70.6 Å². The number of hydrogen-bond donors (Lipinski definition) is 0. The van der Waals surface area contributed by atoms with Crippen LogP contribution >= 0.6 is 0 Å². The van der Waals surface area contributed by atoms with Crippen LogP contribution in [-0.2, 0) is 23.8 Å². The molecule has 5 nitrogen and oxygen atoms in total. The summed E-state index contributed by atoms with van der Waals surface area (Å²) >= 11 is 0. The molecule has 322 valence electrons. The zero-order chi connectivity index (χ0) is 40.7. The fourth-order valence-corrected chi connectivity index (χ4v) is 6.28. The van der Waals surface area contributed by atoms with Crippen LogP contribution in [0.25, 0.3) is 0 Å². The van der Waals surface area contributed by atoms with Crippen LogP contribution < -0.4 is 0 Å². The van der Waals surface area contributed by atoms with E-state index >= 15 is 0 Å². The average Bonchev–Trinajstić information content (AvgIpc) is 3.20. The average molecular weight is 781 g/mol. The molecule has 0 aromatic rings. The maximum Gasteiger partial charge on any atom is 0.309 e. The van der Waals surface area contributed by atoms with Crippen LogP contribution in [0.5, 0.6) is 0 Å². The summed E-state index contributed by atoms with van der Waals surface area (Å²) in [6.07, 6.45) is 59.2. The minimum absolute atomic E-state index is 0.0275. The van der Waals surface area contributed by atoms with Crippen LogP contribution in [-0.4, -0.2) is 37.9 Å². The summed E-state index contributed by atoms with van der Waals surface area (Å²) in [4.78, 5) is 25.2. The summed E-state index contributed by atoms with van der Waals surface area (Å²) in [7, 11) is 0. The molecule has 0 spiro atoms. The van der Waals surface area contributed by atoms with Crippen molar-refractivity contribution in [1.29, 1.82) is 0 Å². The first-order valence-corrected chi connectivity index (χ1v) is 23.5. The normalized spacial score (nSPS) is 12.8. The number of allylic oxidation sites excluding steroid dienone is 11. The number of carbonyl (C=O) groups is 2. The van der Waals surface area contributed by atoms with Gasteiger partial charge in [0.1, 0.15) is 6.61 Å². The van der Waals surface area contributed by atoms with Gasteiger partial charge < -0.3 is 14.2 Å². The SMILES string of the molecule is CC/C=C\C/C=C\C/C=C\C/C=C\C/C=C\CC(=O)OCC(COCCCCCCCCCCCC)OC(=O)CCCCCCC/C=C\CCCCCCCC. The molecule has 0 radical (unpaired) electrons. The summed E-state index contributed by atoms with van der Waals surface area (Å²) in [5, 5.41) is 0. The maximum absolute atomic E-state index is 12.7. The van der Waals surface area contributed by atoms with E-state index in [4.69, 9.17) is 14.2 Å². The Hall–Kier alpha value is -2.66. The van der Waals surface area contributed by atoms with Gasteiger partial charge in [0.15, 0.2) is 6.10 Å². The fraction of sp³-hybridized carbons (Fsp3) is 0.725. The van der Waals surface area contributed by atoms with Gasteiger partial charge in [-0.25, -0.2) is 0 Å². The molecule has 0 fully saturated rings. The predicted octanol–water partition coefficient (Wildman–Crippen LogP) is 15.6. The van der Waals surface area contributed by atoms with Crippen LogP contribution in [0, 0.1) is 0 Å². The Morgan fingerprint density at radius 3 is 1.36 bits per heavy atom. The summed E-state index contributed by atoms with van der Waals surface area (Å²) in [6.45, 7) is 7.59. The monoisotopic (exact) mass is 781 g/mol.